The molecule has 0 radical (unpaired) electrons. The fourth-order valence-electron chi connectivity index (χ4n) is 7.05. The lowest BCUT2D eigenvalue weighted by Crippen LogP contribution is -2.48. The average Bonchev–Trinajstić information content (AvgIpc) is 3.63. The summed E-state index contributed by atoms with van der Waals surface area (Å²) < 4.78 is 9.94. The lowest BCUT2D eigenvalue weighted by Gasteiger charge is -2.34. The number of piperazine rings is 1. The van der Waals surface area contributed by atoms with Crippen LogP contribution in [0.25, 0.3) is 22.5 Å². The Kier molecular flexibility index (Phi) is 12.4. The lowest BCUT2D eigenvalue weighted by molar-refractivity contribution is -0.130. The van der Waals surface area contributed by atoms with Gasteiger partial charge in [-0.05, 0) is 105 Å². The lowest BCUT2D eigenvalue weighted by atomic mass is 9.81. The third-order valence-corrected chi connectivity index (χ3v) is 10.2. The summed E-state index contributed by atoms with van der Waals surface area (Å²) in [5.41, 5.74) is 4.44. The highest BCUT2D eigenvalue weighted by Gasteiger charge is 2.30. The number of anilines is 2. The molecule has 296 valence electrons. The van der Waals surface area contributed by atoms with Gasteiger partial charge in [-0.15, -0.1) is 0 Å². The number of aromatic nitrogens is 2. The van der Waals surface area contributed by atoms with E-state index < -0.39 is 29.6 Å². The molecule has 0 spiro atoms. The average molecular weight is 768 g/mol. The van der Waals surface area contributed by atoms with Gasteiger partial charge in [-0.3, -0.25) is 19.1 Å². The molecule has 1 aliphatic carbocycles. The Hall–Kier alpha value is -6.12. The molecule has 2 aliphatic rings. The normalized spacial score (nSPS) is 17.8. The number of H-pyrrole nitrogens is 1. The first kappa shape index (κ1) is 39.6. The number of rotatable bonds is 11. The molecule has 0 unspecified atom stereocenters. The number of nitrogens with zero attached hydrogens (tertiary/aromatic N) is 3. The van der Waals surface area contributed by atoms with Gasteiger partial charge in [-0.2, -0.15) is 0 Å². The Morgan fingerprint density at radius 2 is 1.48 bits per heavy atom. The Morgan fingerprint density at radius 1 is 0.875 bits per heavy atom. The molecular weight excluding hydrogens is 718 g/mol. The molecule has 2 heterocycles. The number of aromatic amines is 1. The number of hydrogen-bond acceptors (Lipinski definition) is 9. The third kappa shape index (κ3) is 10.8. The van der Waals surface area contributed by atoms with E-state index in [9.17, 15) is 29.1 Å². The number of carbonyl (C=O) groups excluding carboxylic acids is 3. The molecule has 6 rings (SSSR count). The monoisotopic (exact) mass is 767 g/mol. The molecule has 15 nitrogen and oxygen atoms in total. The standard InChI is InChI=1S/C41H49N7O8/c1-41(2,3)55-38(51)42-25-27-6-10-31(11-7-27)36(49)44-34(37(50)43-32-16-12-30(13-17-32)35-45-39(52)56-46-35)24-26-4-8-28(9-5-26)29-14-18-33(19-15-29)47-20-22-48(23-21-47)40(53)54/h4-5,8-9,12-19,27,31,34H,6-7,10-11,20-25H2,1-3H3,(H,42,51)(H,43,50)(H,44,49)(H,53,54)(H,45,46,52)/t27?,31?,34-/m0/s1. The summed E-state index contributed by atoms with van der Waals surface area (Å²) in [7, 11) is 0. The van der Waals surface area contributed by atoms with Crippen molar-refractivity contribution in [2.75, 3.05) is 42.9 Å². The zero-order chi connectivity index (χ0) is 39.8. The quantitative estimate of drug-likeness (QED) is 0.130. The summed E-state index contributed by atoms with van der Waals surface area (Å²) in [6.07, 6.45) is 1.71. The molecule has 3 aromatic carbocycles. The van der Waals surface area contributed by atoms with Gasteiger partial charge >= 0.3 is 17.9 Å². The van der Waals surface area contributed by atoms with Crippen LogP contribution in [0.5, 0.6) is 0 Å². The number of nitrogens with one attached hydrogen (secondary N) is 4. The fourth-order valence-corrected chi connectivity index (χ4v) is 7.05. The Bertz CT molecular complexity index is 2020. The highest BCUT2D eigenvalue weighted by molar-refractivity contribution is 5.97. The summed E-state index contributed by atoms with van der Waals surface area (Å²) >= 11 is 0. The van der Waals surface area contributed by atoms with Gasteiger partial charge in [0.25, 0.3) is 0 Å². The number of carboxylic acid groups (broad SMARTS) is 1. The predicted molar refractivity (Wildman–Crippen MR) is 210 cm³/mol. The second kappa shape index (κ2) is 17.6. The predicted octanol–water partition coefficient (Wildman–Crippen LogP) is 5.49. The first-order chi connectivity index (χ1) is 26.8. The summed E-state index contributed by atoms with van der Waals surface area (Å²) in [5.74, 6) is -0.997. The highest BCUT2D eigenvalue weighted by atomic mass is 16.6. The van der Waals surface area contributed by atoms with Gasteiger partial charge in [-0.1, -0.05) is 41.6 Å². The van der Waals surface area contributed by atoms with E-state index >= 15 is 0 Å². The molecule has 2 fully saturated rings. The minimum atomic E-state index is -0.891. The van der Waals surface area contributed by atoms with Crippen LogP contribution in [0.3, 0.4) is 0 Å². The number of benzene rings is 3. The van der Waals surface area contributed by atoms with Crippen LogP contribution in [-0.4, -0.2) is 88.5 Å². The van der Waals surface area contributed by atoms with E-state index in [0.717, 1.165) is 35.2 Å². The summed E-state index contributed by atoms with van der Waals surface area (Å²) in [6, 6.07) is 21.9. The van der Waals surface area contributed by atoms with Crippen molar-refractivity contribution in [1.82, 2.24) is 25.7 Å². The van der Waals surface area contributed by atoms with Crippen LogP contribution in [0.2, 0.25) is 0 Å². The molecule has 1 aromatic heterocycles. The zero-order valence-corrected chi connectivity index (χ0v) is 31.9. The SMILES string of the molecule is CC(C)(C)OC(=O)NCC1CCC(C(=O)N[C@@H](Cc2ccc(-c3ccc(N4CCN(C(=O)O)CC4)cc3)cc2)C(=O)Nc2ccc(-c3noc(=O)[nH]3)cc2)CC1. The van der Waals surface area contributed by atoms with Crippen molar-refractivity contribution in [2.45, 2.75) is 64.5 Å². The number of carbonyl (C=O) groups is 4. The van der Waals surface area contributed by atoms with Crippen molar-refractivity contribution in [3.8, 4) is 22.5 Å². The largest absolute Gasteiger partial charge is 0.465 e. The minimum Gasteiger partial charge on any atom is -0.465 e. The summed E-state index contributed by atoms with van der Waals surface area (Å²) in [6.45, 7) is 8.13. The maximum atomic E-state index is 13.8. The maximum Gasteiger partial charge on any atom is 0.439 e. The Labute approximate surface area is 324 Å². The topological polar surface area (TPSA) is 199 Å². The van der Waals surface area contributed by atoms with Crippen molar-refractivity contribution in [2.24, 2.45) is 11.8 Å². The van der Waals surface area contributed by atoms with Crippen LogP contribution in [0.4, 0.5) is 21.0 Å². The van der Waals surface area contributed by atoms with Gasteiger partial charge in [0.05, 0.1) is 0 Å². The van der Waals surface area contributed by atoms with E-state index in [-0.39, 0.29) is 35.9 Å². The van der Waals surface area contributed by atoms with Gasteiger partial charge < -0.3 is 35.6 Å². The van der Waals surface area contributed by atoms with Crippen LogP contribution in [0.1, 0.15) is 52.0 Å². The Morgan fingerprint density at radius 3 is 2.05 bits per heavy atom. The smallest absolute Gasteiger partial charge is 0.439 e. The molecule has 1 aliphatic heterocycles. The van der Waals surface area contributed by atoms with Gasteiger partial charge in [0.15, 0.2) is 5.82 Å². The van der Waals surface area contributed by atoms with E-state index in [4.69, 9.17) is 4.74 Å². The molecule has 1 atom stereocenters. The zero-order valence-electron chi connectivity index (χ0n) is 31.9. The number of ether oxygens (including phenoxy) is 1. The molecule has 1 saturated carbocycles. The second-order valence-corrected chi connectivity index (χ2v) is 15.4. The first-order valence-electron chi connectivity index (χ1n) is 19.0. The molecule has 56 heavy (non-hydrogen) atoms. The maximum absolute atomic E-state index is 13.8. The van der Waals surface area contributed by atoms with Crippen LogP contribution in [0.15, 0.2) is 82.1 Å². The third-order valence-electron chi connectivity index (χ3n) is 10.2. The van der Waals surface area contributed by atoms with Crippen molar-refractivity contribution in [3.05, 3.63) is 88.9 Å². The van der Waals surface area contributed by atoms with Crippen molar-refractivity contribution in [3.63, 3.8) is 0 Å². The van der Waals surface area contributed by atoms with Crippen molar-refractivity contribution >= 4 is 35.4 Å². The van der Waals surface area contributed by atoms with Crippen LogP contribution < -0.4 is 26.6 Å². The van der Waals surface area contributed by atoms with E-state index in [0.29, 0.717) is 56.8 Å². The van der Waals surface area contributed by atoms with Gasteiger partial charge in [0.1, 0.15) is 11.6 Å². The van der Waals surface area contributed by atoms with Crippen LogP contribution in [0, 0.1) is 11.8 Å². The number of hydrogen-bond donors (Lipinski definition) is 5. The Balaban J connectivity index is 1.09. The van der Waals surface area contributed by atoms with E-state index in [1.807, 2.05) is 69.3 Å². The minimum absolute atomic E-state index is 0.185. The number of amides is 4. The molecule has 4 aromatic rings. The fraction of sp³-hybridized carbons (Fsp3) is 0.415. The molecule has 5 N–H and O–H groups in total. The summed E-state index contributed by atoms with van der Waals surface area (Å²) in [4.78, 5) is 68.4. The van der Waals surface area contributed by atoms with E-state index in [1.165, 1.54) is 4.90 Å². The molecule has 4 amide bonds. The van der Waals surface area contributed by atoms with Gasteiger partial charge in [0.2, 0.25) is 11.8 Å². The van der Waals surface area contributed by atoms with Crippen LogP contribution in [-0.2, 0) is 20.7 Å². The van der Waals surface area contributed by atoms with Crippen molar-refractivity contribution in [1.29, 1.82) is 0 Å². The summed E-state index contributed by atoms with van der Waals surface area (Å²) in [5, 5.41) is 21.7. The van der Waals surface area contributed by atoms with Gasteiger partial charge in [0, 0.05) is 62.0 Å². The molecule has 15 heteroatoms. The van der Waals surface area contributed by atoms with Crippen molar-refractivity contribution < 1.29 is 33.5 Å². The second-order valence-electron chi connectivity index (χ2n) is 15.4. The van der Waals surface area contributed by atoms with Gasteiger partial charge in [-0.25, -0.2) is 14.4 Å². The highest BCUT2D eigenvalue weighted by Crippen LogP contribution is 2.29. The first-order valence-corrected chi connectivity index (χ1v) is 19.0. The van der Waals surface area contributed by atoms with Crippen LogP contribution >= 0.6 is 0 Å². The molecular formula is C41H49N7O8. The van der Waals surface area contributed by atoms with E-state index in [1.54, 1.807) is 24.3 Å². The van der Waals surface area contributed by atoms with E-state index in [2.05, 4.69) is 35.5 Å². The molecule has 1 saturated heterocycles. The number of alkyl carbamates (subject to hydrolysis) is 1. The molecule has 0 bridgehead atoms.